The molecule has 11 nitrogen and oxygen atoms in total. The van der Waals surface area contributed by atoms with Gasteiger partial charge in [0.2, 0.25) is 5.91 Å². The van der Waals surface area contributed by atoms with E-state index < -0.39 is 12.9 Å². The van der Waals surface area contributed by atoms with E-state index in [-0.39, 0.29) is 29.0 Å². The highest BCUT2D eigenvalue weighted by Gasteiger charge is 2.30. The minimum absolute atomic E-state index is 0.0864. The quantitative estimate of drug-likeness (QED) is 0.363. The van der Waals surface area contributed by atoms with Crippen molar-refractivity contribution in [3.05, 3.63) is 54.4 Å². The summed E-state index contributed by atoms with van der Waals surface area (Å²) in [7, 11) is 1.47. The number of hydrogen-bond acceptors (Lipinski definition) is 9. The minimum atomic E-state index is -2.75. The van der Waals surface area contributed by atoms with Crippen LogP contribution in [0, 0.1) is 5.92 Å². The summed E-state index contributed by atoms with van der Waals surface area (Å²) in [5.74, 6) is -0.398. The summed E-state index contributed by atoms with van der Waals surface area (Å²) in [5.41, 5.74) is 1.79. The lowest BCUT2D eigenvalue weighted by molar-refractivity contribution is -0.117. The van der Waals surface area contributed by atoms with Gasteiger partial charge in [0, 0.05) is 28.6 Å². The van der Waals surface area contributed by atoms with Gasteiger partial charge >= 0.3 is 0 Å². The van der Waals surface area contributed by atoms with Gasteiger partial charge in [0.25, 0.3) is 5.91 Å². The first-order valence-electron chi connectivity index (χ1n) is 12.7. The zero-order valence-corrected chi connectivity index (χ0v) is 19.8. The van der Waals surface area contributed by atoms with E-state index in [9.17, 15) is 9.59 Å². The maximum atomic E-state index is 12.7. The van der Waals surface area contributed by atoms with E-state index in [0.29, 0.717) is 40.8 Å². The van der Waals surface area contributed by atoms with E-state index >= 15 is 0 Å². The number of benzene rings is 1. The average Bonchev–Trinajstić information content (AvgIpc) is 3.74. The van der Waals surface area contributed by atoms with Crippen molar-refractivity contribution < 1.29 is 23.2 Å². The Morgan fingerprint density at radius 1 is 1.14 bits per heavy atom. The Kier molecular flexibility index (Phi) is 6.24. The molecule has 0 spiro atoms. The number of amides is 2. The Morgan fingerprint density at radius 3 is 2.64 bits per heavy atom. The normalized spacial score (nSPS) is 14.0. The summed E-state index contributed by atoms with van der Waals surface area (Å²) in [5, 5.41) is 23.9. The van der Waals surface area contributed by atoms with E-state index in [2.05, 4.69) is 37.6 Å². The Morgan fingerprint density at radius 2 is 1.97 bits per heavy atom. The second kappa shape index (κ2) is 10.8. The first-order chi connectivity index (χ1) is 18.6. The molecule has 0 aliphatic heterocycles. The van der Waals surface area contributed by atoms with Crippen LogP contribution in [0.2, 0.25) is 0 Å². The van der Waals surface area contributed by atoms with Crippen molar-refractivity contribution in [2.45, 2.75) is 19.8 Å². The first kappa shape index (κ1) is 20.8. The molecule has 2 aromatic heterocycles. The molecule has 0 radical (unpaired) electrons. The zero-order chi connectivity index (χ0) is 28.2. The topological polar surface area (TPSA) is 140 Å². The molecule has 1 aromatic carbocycles. The van der Waals surface area contributed by atoms with Crippen LogP contribution in [0.5, 0.6) is 5.75 Å². The summed E-state index contributed by atoms with van der Waals surface area (Å²) in [6, 6.07) is 10.1. The van der Waals surface area contributed by atoms with Gasteiger partial charge in [-0.15, -0.1) is 20.4 Å². The largest absolute Gasteiger partial charge is 0.494 e. The highest BCUT2D eigenvalue weighted by molar-refractivity contribution is 6.00. The van der Waals surface area contributed by atoms with Crippen molar-refractivity contribution in [3.8, 4) is 17.0 Å². The molecule has 0 bridgehead atoms. The summed E-state index contributed by atoms with van der Waals surface area (Å²) in [4.78, 5) is 25.0. The van der Waals surface area contributed by atoms with Gasteiger partial charge in [0.05, 0.1) is 30.8 Å². The molecular weight excluding hydrogens is 462 g/mol. The lowest BCUT2D eigenvalue weighted by Gasteiger charge is -2.16. The Balaban J connectivity index is 1.69. The molecule has 0 unspecified atom stereocenters. The van der Waals surface area contributed by atoms with E-state index in [1.165, 1.54) is 13.2 Å². The van der Waals surface area contributed by atoms with Crippen molar-refractivity contribution >= 4 is 34.8 Å². The third-order valence-electron chi connectivity index (χ3n) is 5.36. The van der Waals surface area contributed by atoms with Crippen LogP contribution in [0.25, 0.3) is 17.0 Å². The molecule has 1 aliphatic carbocycles. The molecule has 2 heterocycles. The summed E-state index contributed by atoms with van der Waals surface area (Å²) in [6.45, 7) is 3.38. The Hall–Kier alpha value is -4.54. The average molecular weight is 493 g/mol. The van der Waals surface area contributed by atoms with Crippen LogP contribution < -0.4 is 20.7 Å². The third kappa shape index (κ3) is 5.40. The van der Waals surface area contributed by atoms with Gasteiger partial charge < -0.3 is 25.4 Å². The van der Waals surface area contributed by atoms with Crippen molar-refractivity contribution in [2.24, 2.45) is 5.92 Å². The van der Waals surface area contributed by atoms with Gasteiger partial charge in [-0.3, -0.25) is 9.59 Å². The molecule has 186 valence electrons. The number of carbonyl (C=O) groups excluding carboxylic acids is 2. The number of aromatic nitrogens is 4. The molecule has 2 amide bonds. The monoisotopic (exact) mass is 492 g/mol. The number of carbonyl (C=O) groups is 2. The number of nitrogens with zero attached hydrogens (tertiary/aromatic N) is 4. The van der Waals surface area contributed by atoms with Gasteiger partial charge in [-0.05, 0) is 44.0 Å². The van der Waals surface area contributed by atoms with Crippen molar-refractivity contribution in [1.29, 1.82) is 0 Å². The van der Waals surface area contributed by atoms with Gasteiger partial charge in [-0.25, -0.2) is 0 Å². The van der Waals surface area contributed by atoms with Crippen LogP contribution in [0.1, 0.15) is 40.1 Å². The van der Waals surface area contributed by atoms with E-state index in [4.69, 9.17) is 13.6 Å². The molecular formula is C25H27N7O4. The Bertz CT molecular complexity index is 1390. The molecule has 0 saturated heterocycles. The van der Waals surface area contributed by atoms with E-state index in [1.807, 2.05) is 12.2 Å². The molecule has 1 saturated carbocycles. The van der Waals surface area contributed by atoms with Crippen LogP contribution in [0.15, 0.2) is 43.0 Å². The number of para-hydroxylation sites is 1. The Labute approximate surface area is 212 Å². The van der Waals surface area contributed by atoms with E-state index in [0.717, 1.165) is 12.8 Å². The number of methoxy groups -OCH3 is 1. The van der Waals surface area contributed by atoms with E-state index in [1.54, 1.807) is 30.3 Å². The fourth-order valence-corrected chi connectivity index (χ4v) is 3.42. The fraction of sp³-hybridized carbons (Fsp3) is 0.280. The molecule has 0 atom stereocenters. The zero-order valence-electron chi connectivity index (χ0n) is 22.8. The van der Waals surface area contributed by atoms with Crippen molar-refractivity contribution in [1.82, 2.24) is 25.7 Å². The molecule has 3 N–H and O–H groups in total. The predicted octanol–water partition coefficient (Wildman–Crippen LogP) is 3.40. The molecule has 3 aromatic rings. The minimum Gasteiger partial charge on any atom is -0.494 e. The lowest BCUT2D eigenvalue weighted by Crippen LogP contribution is -2.22. The highest BCUT2D eigenvalue weighted by Crippen LogP contribution is 2.38. The second-order valence-corrected chi connectivity index (χ2v) is 7.88. The molecule has 36 heavy (non-hydrogen) atoms. The standard InChI is InChI=1S/C25H27N7O4/c1-5-36-14(2)17-11-12-18(30-29-17)16-7-6-8-19(23(16)35-4)27-20-13-21(28-24(33)15-9-10-15)31-32-22(20)25(34)26-3/h6-8,11-13,15H,2,5,9-10H2,1,3-4H3,(H,26,34)(H2,27,28,31,33)/i3D3. The molecule has 1 fully saturated rings. The number of rotatable bonds is 10. The van der Waals surface area contributed by atoms with Crippen molar-refractivity contribution in [2.75, 3.05) is 31.3 Å². The molecule has 4 rings (SSSR count). The number of nitrogens with one attached hydrogen (secondary N) is 3. The highest BCUT2D eigenvalue weighted by atomic mass is 16.5. The van der Waals surface area contributed by atoms with Crippen LogP contribution >= 0.6 is 0 Å². The van der Waals surface area contributed by atoms with Crippen LogP contribution in [-0.2, 0) is 9.53 Å². The first-order valence-corrected chi connectivity index (χ1v) is 11.2. The number of hydrogen-bond donors (Lipinski definition) is 3. The van der Waals surface area contributed by atoms with Crippen LogP contribution in [0.4, 0.5) is 17.2 Å². The van der Waals surface area contributed by atoms with Gasteiger partial charge in [-0.1, -0.05) is 12.6 Å². The SMILES string of the molecule is [2H]C([2H])([2H])NC(=O)c1nnc(NC(=O)C2CC2)cc1Nc1cccc(-c2ccc(C(=C)OCC)nn2)c1OC. The maximum Gasteiger partial charge on any atom is 0.273 e. The van der Waals surface area contributed by atoms with Crippen molar-refractivity contribution in [3.63, 3.8) is 0 Å². The summed E-state index contributed by atoms with van der Waals surface area (Å²) in [6.07, 6.45) is 1.58. The summed E-state index contributed by atoms with van der Waals surface area (Å²) < 4.78 is 33.2. The lowest BCUT2D eigenvalue weighted by atomic mass is 10.1. The smallest absolute Gasteiger partial charge is 0.273 e. The molecule has 11 heteroatoms. The maximum absolute atomic E-state index is 12.7. The predicted molar refractivity (Wildman–Crippen MR) is 135 cm³/mol. The van der Waals surface area contributed by atoms with Crippen LogP contribution in [-0.4, -0.2) is 52.9 Å². The fourth-order valence-electron chi connectivity index (χ4n) is 3.42. The van der Waals surface area contributed by atoms with Gasteiger partial charge in [0.15, 0.2) is 17.3 Å². The third-order valence-corrected chi connectivity index (χ3v) is 5.36. The van der Waals surface area contributed by atoms with Gasteiger partial charge in [0.1, 0.15) is 11.5 Å². The summed E-state index contributed by atoms with van der Waals surface area (Å²) >= 11 is 0. The number of ether oxygens (including phenoxy) is 2. The van der Waals surface area contributed by atoms with Crippen LogP contribution in [0.3, 0.4) is 0 Å². The molecule has 1 aliphatic rings. The second-order valence-electron chi connectivity index (χ2n) is 7.88. The van der Waals surface area contributed by atoms with Gasteiger partial charge in [-0.2, -0.15) is 0 Å². The number of anilines is 3.